The van der Waals surface area contributed by atoms with Crippen molar-refractivity contribution in [3.8, 4) is 0 Å². The fraction of sp³-hybridized carbons (Fsp3) is 0.800. The standard InChI is InChI=1S/C60H89N3O25/c1-55(2)33-14-17-60(7)46(32(64)22-27-28-26-57(4,19-18-56(28,3)20-21-59(27,60)6)54(78)63-31(51(77)84-13)25-37(67)81-10)58(33,5)16-15-34(55)85-53-45(41(71)40(70)44(87-53)48(74)62-30(50(76)83-12)24-36(66)80-9)88-52-42(72)38(68)39(69)43(86-52)47(73)61-29(49(75)82-11)23-35(65)79-8/h22,28-31,33-34,38-46,52-53,68-72H,14-21,23-26H2,1-13H3,(H,61,73)(H,62,74)(H,63,78)/t28-,29-,30-,31-,33-,34-,38-,39-,40-,41-,42+,43-,44-,45+,46+,52-,53-,56+,57-,58-,59+,60+/m0/s1. The molecular formula is C60H89N3O25. The Labute approximate surface area is 510 Å². The highest BCUT2D eigenvalue weighted by molar-refractivity contribution is 5.96. The van der Waals surface area contributed by atoms with Crippen molar-refractivity contribution in [2.24, 2.45) is 50.2 Å². The number of amides is 3. The number of carbonyl (C=O) groups is 10. The lowest BCUT2D eigenvalue weighted by Gasteiger charge is -2.70. The first-order valence-electron chi connectivity index (χ1n) is 29.7. The number of methoxy groups -OCH3 is 6. The van der Waals surface area contributed by atoms with Crippen molar-refractivity contribution >= 4 is 59.3 Å². The van der Waals surface area contributed by atoms with Gasteiger partial charge in [0.25, 0.3) is 11.8 Å². The smallest absolute Gasteiger partial charge is 0.328 e. The third-order valence-electron chi connectivity index (χ3n) is 21.5. The van der Waals surface area contributed by atoms with E-state index in [1.165, 1.54) is 14.2 Å². The van der Waals surface area contributed by atoms with E-state index in [1.807, 2.05) is 26.8 Å². The van der Waals surface area contributed by atoms with Gasteiger partial charge in [-0.15, -0.1) is 0 Å². The number of allylic oxidation sites excluding steroid dienone is 2. The van der Waals surface area contributed by atoms with Crippen LogP contribution in [-0.4, -0.2) is 213 Å². The first-order valence-corrected chi connectivity index (χ1v) is 29.7. The first-order chi connectivity index (χ1) is 41.1. The summed E-state index contributed by atoms with van der Waals surface area (Å²) in [5, 5.41) is 64.6. The molecule has 28 nitrogen and oxygen atoms in total. The van der Waals surface area contributed by atoms with Crippen LogP contribution in [-0.2, 0) is 95.3 Å². The number of aliphatic hydroxyl groups is 5. The summed E-state index contributed by atoms with van der Waals surface area (Å²) in [5.74, 6) is -9.54. The van der Waals surface area contributed by atoms with E-state index in [9.17, 15) is 68.7 Å². The molecule has 0 unspecified atom stereocenters. The summed E-state index contributed by atoms with van der Waals surface area (Å²) in [5.41, 5.74) is -2.97. The molecule has 2 aliphatic heterocycles. The normalized spacial score (nSPS) is 39.2. The van der Waals surface area contributed by atoms with Gasteiger partial charge in [-0.05, 0) is 103 Å². The predicted molar refractivity (Wildman–Crippen MR) is 298 cm³/mol. The Morgan fingerprint density at radius 2 is 1.03 bits per heavy atom. The molecule has 494 valence electrons. The van der Waals surface area contributed by atoms with Crippen LogP contribution in [0.1, 0.15) is 126 Å². The van der Waals surface area contributed by atoms with Gasteiger partial charge in [-0.3, -0.25) is 33.6 Å². The lowest BCUT2D eigenvalue weighted by molar-refractivity contribution is -0.369. The molecule has 7 aliphatic rings. The Morgan fingerprint density at radius 3 is 1.53 bits per heavy atom. The van der Waals surface area contributed by atoms with Crippen LogP contribution >= 0.6 is 0 Å². The van der Waals surface area contributed by atoms with E-state index in [0.29, 0.717) is 38.5 Å². The van der Waals surface area contributed by atoms with E-state index in [-0.39, 0.29) is 29.5 Å². The first kappa shape index (κ1) is 69.7. The van der Waals surface area contributed by atoms with Gasteiger partial charge in [0.1, 0.15) is 54.7 Å². The SMILES string of the molecule is COC(=O)C[C@H](NC(=O)[C@H]1O[C@@H](O[C@H]2[C@@H](O[C@H]3CC[C@]4(C)[C@H]5C(=O)C=C6[C@@H]7C[C@@](C)(C(=O)N[C@@H](CC(=O)OC)C(=O)OC)CC[C@]7(C)CC[C@@]6(C)[C@]5(C)CC[C@H]4C3(C)C)O[C@H](C(=O)N[C@@H](CC(=O)OC)C(=O)OC)[C@@H](O)[C@@H]2O)[C@H](O)[C@@H](O)[C@@H]1O)C(=O)OC. The number of carbonyl (C=O) groups excluding carboxylic acids is 10. The molecule has 3 amide bonds. The predicted octanol–water partition coefficient (Wildman–Crippen LogP) is -0.345. The minimum absolute atomic E-state index is 0.0516. The molecular weight excluding hydrogens is 1160 g/mol. The third-order valence-corrected chi connectivity index (χ3v) is 21.5. The second-order valence-electron chi connectivity index (χ2n) is 26.7. The van der Waals surface area contributed by atoms with Gasteiger partial charge in [-0.1, -0.05) is 54.0 Å². The van der Waals surface area contributed by atoms with Crippen molar-refractivity contribution in [3.05, 3.63) is 11.6 Å². The van der Waals surface area contributed by atoms with Crippen LogP contribution in [0.3, 0.4) is 0 Å². The van der Waals surface area contributed by atoms with Crippen LogP contribution in [0.2, 0.25) is 0 Å². The number of esters is 6. The molecule has 2 heterocycles. The van der Waals surface area contributed by atoms with E-state index in [2.05, 4.69) is 53.1 Å². The largest absolute Gasteiger partial charge is 0.469 e. The van der Waals surface area contributed by atoms with Crippen LogP contribution in [0.4, 0.5) is 0 Å². The van der Waals surface area contributed by atoms with Crippen molar-refractivity contribution in [2.75, 3.05) is 42.7 Å². The Hall–Kier alpha value is -5.72. The number of fused-ring (bicyclic) bond motifs is 7. The minimum Gasteiger partial charge on any atom is -0.469 e. The molecule has 0 radical (unpaired) electrons. The summed E-state index contributed by atoms with van der Waals surface area (Å²) in [4.78, 5) is 133. The van der Waals surface area contributed by atoms with Gasteiger partial charge in [0, 0.05) is 11.3 Å². The van der Waals surface area contributed by atoms with Crippen LogP contribution in [0.5, 0.6) is 0 Å². The summed E-state index contributed by atoms with van der Waals surface area (Å²) in [7, 11) is 6.40. The molecule has 5 aliphatic carbocycles. The Bertz CT molecular complexity index is 2740. The second kappa shape index (κ2) is 26.6. The van der Waals surface area contributed by atoms with Crippen LogP contribution < -0.4 is 16.0 Å². The number of nitrogens with one attached hydrogen (secondary N) is 3. The zero-order valence-electron chi connectivity index (χ0n) is 52.3. The molecule has 0 bridgehead atoms. The highest BCUT2D eigenvalue weighted by Crippen LogP contribution is 2.75. The van der Waals surface area contributed by atoms with Crippen molar-refractivity contribution in [1.29, 1.82) is 0 Å². The quantitative estimate of drug-likeness (QED) is 0.0466. The average Bonchev–Trinajstić information content (AvgIpc) is 0.686. The molecule has 28 heteroatoms. The number of ketones is 1. The minimum atomic E-state index is -2.25. The van der Waals surface area contributed by atoms with Gasteiger partial charge in [0.05, 0.1) is 68.0 Å². The van der Waals surface area contributed by atoms with Gasteiger partial charge in [-0.2, -0.15) is 0 Å². The van der Waals surface area contributed by atoms with Crippen molar-refractivity contribution in [2.45, 2.75) is 211 Å². The van der Waals surface area contributed by atoms with Crippen LogP contribution in [0.15, 0.2) is 11.6 Å². The highest BCUT2D eigenvalue weighted by atomic mass is 16.8. The third kappa shape index (κ3) is 12.8. The number of ether oxygens (including phenoxy) is 10. The van der Waals surface area contributed by atoms with Gasteiger partial charge >= 0.3 is 35.8 Å². The Morgan fingerprint density at radius 1 is 0.557 bits per heavy atom. The molecule has 4 saturated carbocycles. The van der Waals surface area contributed by atoms with Gasteiger partial charge in [0.15, 0.2) is 30.6 Å². The van der Waals surface area contributed by atoms with Crippen LogP contribution in [0.25, 0.3) is 0 Å². The Balaban J connectivity index is 1.19. The molecule has 7 rings (SSSR count). The maximum Gasteiger partial charge on any atom is 0.328 e. The number of hydrogen-bond donors (Lipinski definition) is 8. The summed E-state index contributed by atoms with van der Waals surface area (Å²) in [6.07, 6.45) is -17.5. The van der Waals surface area contributed by atoms with Gasteiger partial charge in [-0.25, -0.2) is 14.4 Å². The maximum atomic E-state index is 15.5. The monoisotopic (exact) mass is 1250 g/mol. The fourth-order valence-corrected chi connectivity index (χ4v) is 16.0. The fourth-order valence-electron chi connectivity index (χ4n) is 16.0. The summed E-state index contributed by atoms with van der Waals surface area (Å²) in [6.45, 7) is 14.5. The summed E-state index contributed by atoms with van der Waals surface area (Å²) < 4.78 is 53.4. The molecule has 0 spiro atoms. The van der Waals surface area contributed by atoms with Gasteiger partial charge in [0.2, 0.25) is 5.91 Å². The average molecular weight is 1250 g/mol. The van der Waals surface area contributed by atoms with E-state index in [4.69, 9.17) is 37.9 Å². The van der Waals surface area contributed by atoms with E-state index in [1.54, 1.807) is 0 Å². The highest BCUT2D eigenvalue weighted by Gasteiger charge is 2.71. The van der Waals surface area contributed by atoms with Crippen molar-refractivity contribution in [3.63, 3.8) is 0 Å². The molecule has 2 saturated heterocycles. The van der Waals surface area contributed by atoms with Crippen molar-refractivity contribution in [1.82, 2.24) is 16.0 Å². The van der Waals surface area contributed by atoms with Crippen LogP contribution in [0, 0.1) is 50.2 Å². The molecule has 0 aromatic heterocycles. The number of hydrogen-bond acceptors (Lipinski definition) is 25. The number of aliphatic hydroxyl groups excluding tert-OH is 5. The Kier molecular flexibility index (Phi) is 21.1. The lowest BCUT2D eigenvalue weighted by Crippen LogP contribution is -2.69. The topological polar surface area (TPSA) is 400 Å². The molecule has 22 atom stereocenters. The molecule has 88 heavy (non-hydrogen) atoms. The summed E-state index contributed by atoms with van der Waals surface area (Å²) >= 11 is 0. The zero-order chi connectivity index (χ0) is 65.6. The maximum absolute atomic E-state index is 15.5. The second-order valence-corrected chi connectivity index (χ2v) is 26.7. The molecule has 0 aromatic carbocycles. The molecule has 6 fully saturated rings. The van der Waals surface area contributed by atoms with Crippen molar-refractivity contribution < 1.29 is 121 Å². The van der Waals surface area contributed by atoms with E-state index < -0.39 is 191 Å². The van der Waals surface area contributed by atoms with E-state index >= 15 is 4.79 Å². The zero-order valence-corrected chi connectivity index (χ0v) is 52.3. The lowest BCUT2D eigenvalue weighted by atomic mass is 9.33. The number of rotatable bonds is 19. The van der Waals surface area contributed by atoms with E-state index in [0.717, 1.165) is 46.9 Å². The van der Waals surface area contributed by atoms with Gasteiger partial charge < -0.3 is 88.9 Å². The molecule has 0 aromatic rings. The molecule has 8 N–H and O–H groups in total. The summed E-state index contributed by atoms with van der Waals surface area (Å²) in [6, 6.07) is -4.64.